The molecule has 130 valence electrons. The molecule has 1 aliphatic rings. The normalized spacial score (nSPS) is 18.1. The van der Waals surface area contributed by atoms with Crippen LogP contribution in [0.1, 0.15) is 29.4 Å². The minimum atomic E-state index is -0.225. The van der Waals surface area contributed by atoms with Gasteiger partial charge in [0, 0.05) is 36.5 Å². The minimum Gasteiger partial charge on any atom is -0.297 e. The second-order valence-corrected chi connectivity index (χ2v) is 6.83. The maximum absolute atomic E-state index is 13.2. The van der Waals surface area contributed by atoms with Crippen molar-refractivity contribution in [2.24, 2.45) is 0 Å². The summed E-state index contributed by atoms with van der Waals surface area (Å²) in [5.74, 6) is -0.225. The molecule has 1 fully saturated rings. The first-order valence-electron chi connectivity index (χ1n) is 8.63. The average molecular weight is 339 g/mol. The van der Waals surface area contributed by atoms with Crippen molar-refractivity contribution in [2.75, 3.05) is 13.1 Å². The van der Waals surface area contributed by atoms with E-state index in [9.17, 15) is 4.39 Å². The molecule has 0 aliphatic carbocycles. The highest BCUT2D eigenvalue weighted by atomic mass is 19.1. The van der Waals surface area contributed by atoms with Gasteiger partial charge in [0.2, 0.25) is 0 Å². The highest BCUT2D eigenvalue weighted by Gasteiger charge is 2.26. The lowest BCUT2D eigenvalue weighted by molar-refractivity contribution is 0.311. The monoisotopic (exact) mass is 339 g/mol. The van der Waals surface area contributed by atoms with Gasteiger partial charge in [-0.2, -0.15) is 10.2 Å². The molecule has 6 heteroatoms. The fourth-order valence-electron chi connectivity index (χ4n) is 3.71. The quantitative estimate of drug-likeness (QED) is 0.792. The van der Waals surface area contributed by atoms with Gasteiger partial charge in [0.15, 0.2) is 0 Å². The summed E-state index contributed by atoms with van der Waals surface area (Å²) in [5, 5.41) is 11.9. The van der Waals surface area contributed by atoms with E-state index in [1.54, 1.807) is 12.1 Å². The van der Waals surface area contributed by atoms with Gasteiger partial charge in [0.25, 0.3) is 0 Å². The Balaban J connectivity index is 1.48. The molecule has 1 aliphatic heterocycles. The summed E-state index contributed by atoms with van der Waals surface area (Å²) >= 11 is 0. The molecular formula is C19H22FN5. The van der Waals surface area contributed by atoms with E-state index in [4.69, 9.17) is 0 Å². The highest BCUT2D eigenvalue weighted by Crippen LogP contribution is 2.27. The summed E-state index contributed by atoms with van der Waals surface area (Å²) in [4.78, 5) is 2.43. The topological polar surface area (TPSA) is 49.7 Å². The third-order valence-electron chi connectivity index (χ3n) is 4.88. The SMILES string of the molecule is Cc1cc(C)n([C@H]2CCN(Cc3cn[nH]c3-c3ccc(F)cc3)C2)n1. The van der Waals surface area contributed by atoms with E-state index >= 15 is 0 Å². The summed E-state index contributed by atoms with van der Waals surface area (Å²) < 4.78 is 15.3. The van der Waals surface area contributed by atoms with Crippen LogP contribution in [0.5, 0.6) is 0 Å². The van der Waals surface area contributed by atoms with Crippen LogP contribution in [0.15, 0.2) is 36.5 Å². The Hall–Kier alpha value is -2.47. The smallest absolute Gasteiger partial charge is 0.123 e. The molecule has 0 amide bonds. The fraction of sp³-hybridized carbons (Fsp3) is 0.368. The van der Waals surface area contributed by atoms with Crippen LogP contribution in [0.25, 0.3) is 11.3 Å². The van der Waals surface area contributed by atoms with Gasteiger partial charge in [-0.15, -0.1) is 0 Å². The predicted molar refractivity (Wildman–Crippen MR) is 94.6 cm³/mol. The van der Waals surface area contributed by atoms with Crippen LogP contribution in [0.3, 0.4) is 0 Å². The number of aryl methyl sites for hydroxylation is 2. The van der Waals surface area contributed by atoms with Gasteiger partial charge in [-0.3, -0.25) is 14.7 Å². The first-order valence-corrected chi connectivity index (χ1v) is 8.63. The number of H-pyrrole nitrogens is 1. The van der Waals surface area contributed by atoms with Crippen molar-refractivity contribution in [3.8, 4) is 11.3 Å². The molecular weight excluding hydrogens is 317 g/mol. The Kier molecular flexibility index (Phi) is 4.13. The predicted octanol–water partition coefficient (Wildman–Crippen LogP) is 3.48. The van der Waals surface area contributed by atoms with Crippen LogP contribution in [0.2, 0.25) is 0 Å². The van der Waals surface area contributed by atoms with Crippen molar-refractivity contribution >= 4 is 0 Å². The molecule has 1 atom stereocenters. The summed E-state index contributed by atoms with van der Waals surface area (Å²) in [5.41, 5.74) is 5.36. The number of nitrogens with zero attached hydrogens (tertiary/aromatic N) is 4. The van der Waals surface area contributed by atoms with E-state index in [1.807, 2.05) is 13.1 Å². The number of rotatable bonds is 4. The average Bonchev–Trinajstić information content (AvgIpc) is 3.29. The lowest BCUT2D eigenvalue weighted by atomic mass is 10.1. The lowest BCUT2D eigenvalue weighted by Gasteiger charge is -2.17. The molecule has 1 N–H and O–H groups in total. The van der Waals surface area contributed by atoms with E-state index in [0.717, 1.165) is 48.6 Å². The zero-order chi connectivity index (χ0) is 17.4. The van der Waals surface area contributed by atoms with Gasteiger partial charge in [-0.1, -0.05) is 0 Å². The number of aromatic amines is 1. The summed E-state index contributed by atoms with van der Waals surface area (Å²) in [6.45, 7) is 7.01. The van der Waals surface area contributed by atoms with Crippen LogP contribution < -0.4 is 0 Å². The number of halogens is 1. The Morgan fingerprint density at radius 2 is 2.04 bits per heavy atom. The van der Waals surface area contributed by atoms with Crippen molar-refractivity contribution in [1.82, 2.24) is 24.9 Å². The van der Waals surface area contributed by atoms with Crippen molar-refractivity contribution in [3.63, 3.8) is 0 Å². The van der Waals surface area contributed by atoms with E-state index in [-0.39, 0.29) is 5.82 Å². The first-order chi connectivity index (χ1) is 12.1. The maximum atomic E-state index is 13.2. The second-order valence-electron chi connectivity index (χ2n) is 6.83. The van der Waals surface area contributed by atoms with Crippen LogP contribution in [0.4, 0.5) is 4.39 Å². The van der Waals surface area contributed by atoms with Gasteiger partial charge in [-0.05, 0) is 50.6 Å². The second kappa shape index (κ2) is 6.44. The largest absolute Gasteiger partial charge is 0.297 e. The van der Waals surface area contributed by atoms with E-state index in [1.165, 1.54) is 17.8 Å². The highest BCUT2D eigenvalue weighted by molar-refractivity contribution is 5.62. The van der Waals surface area contributed by atoms with Gasteiger partial charge < -0.3 is 0 Å². The van der Waals surface area contributed by atoms with Gasteiger partial charge >= 0.3 is 0 Å². The number of aromatic nitrogens is 4. The van der Waals surface area contributed by atoms with Gasteiger partial charge in [0.05, 0.1) is 23.6 Å². The summed E-state index contributed by atoms with van der Waals surface area (Å²) in [6.07, 6.45) is 2.97. The number of benzene rings is 1. The molecule has 4 rings (SSSR count). The molecule has 1 saturated heterocycles. The number of likely N-dealkylation sites (tertiary alicyclic amines) is 1. The third kappa shape index (κ3) is 3.22. The van der Waals surface area contributed by atoms with Crippen molar-refractivity contribution in [1.29, 1.82) is 0 Å². The number of nitrogens with one attached hydrogen (secondary N) is 1. The lowest BCUT2D eigenvalue weighted by Crippen LogP contribution is -2.22. The fourth-order valence-corrected chi connectivity index (χ4v) is 3.71. The molecule has 2 aromatic heterocycles. The Morgan fingerprint density at radius 1 is 1.24 bits per heavy atom. The van der Waals surface area contributed by atoms with E-state index in [0.29, 0.717) is 6.04 Å². The Labute approximate surface area is 146 Å². The molecule has 3 aromatic rings. The molecule has 0 spiro atoms. The van der Waals surface area contributed by atoms with E-state index < -0.39 is 0 Å². The molecule has 25 heavy (non-hydrogen) atoms. The molecule has 0 radical (unpaired) electrons. The molecule has 0 unspecified atom stereocenters. The molecule has 1 aromatic carbocycles. The molecule has 0 bridgehead atoms. The number of hydrogen-bond donors (Lipinski definition) is 1. The van der Waals surface area contributed by atoms with Gasteiger partial charge in [0.1, 0.15) is 5.82 Å². The Morgan fingerprint density at radius 3 is 2.76 bits per heavy atom. The molecule has 3 heterocycles. The third-order valence-corrected chi connectivity index (χ3v) is 4.88. The molecule has 5 nitrogen and oxygen atoms in total. The van der Waals surface area contributed by atoms with Crippen molar-refractivity contribution in [2.45, 2.75) is 32.9 Å². The van der Waals surface area contributed by atoms with Crippen LogP contribution in [0, 0.1) is 19.7 Å². The Bertz CT molecular complexity index is 864. The van der Waals surface area contributed by atoms with Crippen LogP contribution in [-0.2, 0) is 6.54 Å². The van der Waals surface area contributed by atoms with Crippen LogP contribution in [-0.4, -0.2) is 38.0 Å². The standard InChI is InChI=1S/C19H22FN5/c1-13-9-14(2)25(23-13)18-7-8-24(12-18)11-16-10-21-22-19(16)15-3-5-17(20)6-4-15/h3-6,9-10,18H,7-8,11-12H2,1-2H3,(H,21,22)/t18-/m0/s1. The maximum Gasteiger partial charge on any atom is 0.123 e. The van der Waals surface area contributed by atoms with Crippen molar-refractivity contribution < 1.29 is 4.39 Å². The minimum absolute atomic E-state index is 0.225. The zero-order valence-corrected chi connectivity index (χ0v) is 14.5. The van der Waals surface area contributed by atoms with E-state index in [2.05, 4.69) is 37.9 Å². The molecule has 0 saturated carbocycles. The van der Waals surface area contributed by atoms with Crippen LogP contribution >= 0.6 is 0 Å². The van der Waals surface area contributed by atoms with Crippen molar-refractivity contribution in [3.05, 3.63) is 59.3 Å². The number of hydrogen-bond acceptors (Lipinski definition) is 3. The first kappa shape index (κ1) is 16.0. The summed E-state index contributed by atoms with van der Waals surface area (Å²) in [7, 11) is 0. The zero-order valence-electron chi connectivity index (χ0n) is 14.5. The van der Waals surface area contributed by atoms with Gasteiger partial charge in [-0.25, -0.2) is 4.39 Å². The summed E-state index contributed by atoms with van der Waals surface area (Å²) in [6, 6.07) is 9.09.